The maximum absolute atomic E-state index is 5.19. The molecule has 3 nitrogen and oxygen atoms in total. The molecular formula is C12H12N2OS. The standard InChI is InChI=1S/C12H12N2OS/c1-8-11(13-7-14-12(8)16)9-4-3-5-10(6-9)15-2/h3-7H,1-2H3,(H,13,14,16). The van der Waals surface area contributed by atoms with Crippen LogP contribution in [0.15, 0.2) is 30.6 Å². The molecule has 0 bridgehead atoms. The number of hydrogen-bond donors (Lipinski definition) is 1. The molecule has 0 spiro atoms. The van der Waals surface area contributed by atoms with Crippen LogP contribution in [0.1, 0.15) is 5.56 Å². The highest BCUT2D eigenvalue weighted by Crippen LogP contribution is 2.24. The molecule has 0 fully saturated rings. The number of rotatable bonds is 2. The first-order chi connectivity index (χ1) is 7.72. The van der Waals surface area contributed by atoms with Crippen LogP contribution in [-0.4, -0.2) is 17.1 Å². The summed E-state index contributed by atoms with van der Waals surface area (Å²) in [5, 5.41) is 0. The van der Waals surface area contributed by atoms with Crippen molar-refractivity contribution in [3.05, 3.63) is 40.8 Å². The Morgan fingerprint density at radius 2 is 2.19 bits per heavy atom. The quantitative estimate of drug-likeness (QED) is 0.808. The zero-order valence-corrected chi connectivity index (χ0v) is 9.97. The summed E-state index contributed by atoms with van der Waals surface area (Å²) in [4.78, 5) is 7.15. The van der Waals surface area contributed by atoms with Gasteiger partial charge in [-0.1, -0.05) is 24.4 Å². The summed E-state index contributed by atoms with van der Waals surface area (Å²) in [6, 6.07) is 7.84. The molecule has 0 radical (unpaired) electrons. The second-order valence-corrected chi connectivity index (χ2v) is 3.83. The van der Waals surface area contributed by atoms with Crippen LogP contribution in [0.4, 0.5) is 0 Å². The van der Waals surface area contributed by atoms with Crippen molar-refractivity contribution in [3.63, 3.8) is 0 Å². The van der Waals surface area contributed by atoms with E-state index in [0.29, 0.717) is 4.64 Å². The lowest BCUT2D eigenvalue weighted by molar-refractivity contribution is 0.415. The Kier molecular flexibility index (Phi) is 3.01. The summed E-state index contributed by atoms with van der Waals surface area (Å²) >= 11 is 5.14. The minimum Gasteiger partial charge on any atom is -0.497 e. The van der Waals surface area contributed by atoms with Crippen LogP contribution >= 0.6 is 12.2 Å². The van der Waals surface area contributed by atoms with Crippen molar-refractivity contribution in [3.8, 4) is 17.0 Å². The number of nitrogens with zero attached hydrogens (tertiary/aromatic N) is 1. The number of methoxy groups -OCH3 is 1. The third kappa shape index (κ3) is 1.97. The van der Waals surface area contributed by atoms with E-state index in [-0.39, 0.29) is 0 Å². The maximum Gasteiger partial charge on any atom is 0.132 e. The van der Waals surface area contributed by atoms with Gasteiger partial charge in [0.15, 0.2) is 0 Å². The van der Waals surface area contributed by atoms with Gasteiger partial charge in [-0.2, -0.15) is 0 Å². The number of H-pyrrole nitrogens is 1. The number of aromatic amines is 1. The van der Waals surface area contributed by atoms with Crippen molar-refractivity contribution in [2.24, 2.45) is 0 Å². The summed E-state index contributed by atoms with van der Waals surface area (Å²) < 4.78 is 5.81. The van der Waals surface area contributed by atoms with Crippen molar-refractivity contribution >= 4 is 12.2 Å². The van der Waals surface area contributed by atoms with E-state index in [2.05, 4.69) is 9.97 Å². The lowest BCUT2D eigenvalue weighted by atomic mass is 10.1. The van der Waals surface area contributed by atoms with E-state index in [1.807, 2.05) is 31.2 Å². The molecule has 0 aliphatic rings. The number of hydrogen-bond acceptors (Lipinski definition) is 3. The SMILES string of the molecule is COc1cccc(-c2[nH]cnc(=S)c2C)c1. The number of benzene rings is 1. The van der Waals surface area contributed by atoms with Gasteiger partial charge in [-0.3, -0.25) is 0 Å². The first-order valence-electron chi connectivity index (χ1n) is 4.91. The van der Waals surface area contributed by atoms with Gasteiger partial charge in [-0.05, 0) is 19.1 Å². The van der Waals surface area contributed by atoms with Crippen molar-refractivity contribution in [2.45, 2.75) is 6.92 Å². The second kappa shape index (κ2) is 4.45. The van der Waals surface area contributed by atoms with Crippen LogP contribution in [-0.2, 0) is 0 Å². The first-order valence-corrected chi connectivity index (χ1v) is 5.32. The average molecular weight is 232 g/mol. The molecule has 2 rings (SSSR count). The third-order valence-electron chi connectivity index (χ3n) is 2.44. The fourth-order valence-corrected chi connectivity index (χ4v) is 1.70. The molecule has 82 valence electrons. The van der Waals surface area contributed by atoms with Crippen molar-refractivity contribution < 1.29 is 4.74 Å². The Morgan fingerprint density at radius 1 is 1.38 bits per heavy atom. The van der Waals surface area contributed by atoms with Crippen LogP contribution in [0.25, 0.3) is 11.3 Å². The van der Waals surface area contributed by atoms with Gasteiger partial charge in [0.2, 0.25) is 0 Å². The zero-order valence-electron chi connectivity index (χ0n) is 9.15. The van der Waals surface area contributed by atoms with Crippen LogP contribution in [0.5, 0.6) is 5.75 Å². The molecule has 0 aliphatic carbocycles. The molecule has 4 heteroatoms. The predicted molar refractivity (Wildman–Crippen MR) is 66.1 cm³/mol. The van der Waals surface area contributed by atoms with E-state index >= 15 is 0 Å². The van der Waals surface area contributed by atoms with Crippen LogP contribution < -0.4 is 4.74 Å². The van der Waals surface area contributed by atoms with Crippen molar-refractivity contribution in [1.82, 2.24) is 9.97 Å². The fraction of sp³-hybridized carbons (Fsp3) is 0.167. The van der Waals surface area contributed by atoms with E-state index in [1.54, 1.807) is 13.4 Å². The molecule has 1 aromatic heterocycles. The molecular weight excluding hydrogens is 220 g/mol. The Bertz CT molecular complexity index is 563. The molecule has 0 atom stereocenters. The highest BCUT2D eigenvalue weighted by atomic mass is 32.1. The Balaban J connectivity index is 2.58. The second-order valence-electron chi connectivity index (χ2n) is 3.44. The highest BCUT2D eigenvalue weighted by Gasteiger charge is 2.04. The Hall–Kier alpha value is -1.68. The van der Waals surface area contributed by atoms with Crippen LogP contribution in [0.2, 0.25) is 0 Å². The highest BCUT2D eigenvalue weighted by molar-refractivity contribution is 7.71. The lowest BCUT2D eigenvalue weighted by Gasteiger charge is -2.07. The fourth-order valence-electron chi connectivity index (χ4n) is 1.55. The normalized spacial score (nSPS) is 10.1. The monoisotopic (exact) mass is 232 g/mol. The van der Waals surface area contributed by atoms with E-state index in [4.69, 9.17) is 17.0 Å². The molecule has 1 aromatic carbocycles. The minimum atomic E-state index is 0.622. The van der Waals surface area contributed by atoms with Gasteiger partial charge in [-0.15, -0.1) is 0 Å². The van der Waals surface area contributed by atoms with Gasteiger partial charge < -0.3 is 9.72 Å². The van der Waals surface area contributed by atoms with E-state index in [1.165, 1.54) is 0 Å². The van der Waals surface area contributed by atoms with Gasteiger partial charge in [0.1, 0.15) is 10.4 Å². The van der Waals surface area contributed by atoms with Gasteiger partial charge in [0.05, 0.1) is 19.1 Å². The smallest absolute Gasteiger partial charge is 0.132 e. The average Bonchev–Trinajstić information content (AvgIpc) is 2.33. The Morgan fingerprint density at radius 3 is 2.94 bits per heavy atom. The lowest BCUT2D eigenvalue weighted by Crippen LogP contribution is -1.92. The molecule has 1 N–H and O–H groups in total. The van der Waals surface area contributed by atoms with E-state index < -0.39 is 0 Å². The minimum absolute atomic E-state index is 0.622. The molecule has 2 aromatic rings. The summed E-state index contributed by atoms with van der Waals surface area (Å²) in [5.41, 5.74) is 3.01. The summed E-state index contributed by atoms with van der Waals surface area (Å²) in [6.07, 6.45) is 1.62. The van der Waals surface area contributed by atoms with Crippen LogP contribution in [0.3, 0.4) is 0 Å². The van der Waals surface area contributed by atoms with Crippen LogP contribution in [0, 0.1) is 11.6 Å². The zero-order chi connectivity index (χ0) is 11.5. The van der Waals surface area contributed by atoms with Gasteiger partial charge >= 0.3 is 0 Å². The molecule has 0 saturated heterocycles. The first kappa shape index (κ1) is 10.8. The topological polar surface area (TPSA) is 37.9 Å². The van der Waals surface area contributed by atoms with Crippen molar-refractivity contribution in [2.75, 3.05) is 7.11 Å². The van der Waals surface area contributed by atoms with Gasteiger partial charge in [-0.25, -0.2) is 4.98 Å². The largest absolute Gasteiger partial charge is 0.497 e. The molecule has 0 unspecified atom stereocenters. The molecule has 16 heavy (non-hydrogen) atoms. The van der Waals surface area contributed by atoms with Gasteiger partial charge in [0, 0.05) is 11.1 Å². The summed E-state index contributed by atoms with van der Waals surface area (Å²) in [6.45, 7) is 1.96. The summed E-state index contributed by atoms with van der Waals surface area (Å²) in [7, 11) is 1.65. The maximum atomic E-state index is 5.19. The van der Waals surface area contributed by atoms with Crippen molar-refractivity contribution in [1.29, 1.82) is 0 Å². The molecule has 0 saturated carbocycles. The summed E-state index contributed by atoms with van der Waals surface area (Å²) in [5.74, 6) is 0.827. The number of aromatic nitrogens is 2. The molecule has 0 amide bonds. The number of ether oxygens (including phenoxy) is 1. The number of nitrogens with one attached hydrogen (secondary N) is 1. The Labute approximate surface area is 99.1 Å². The molecule has 1 heterocycles. The van der Waals surface area contributed by atoms with Gasteiger partial charge in [0.25, 0.3) is 0 Å². The molecule has 0 aliphatic heterocycles. The van der Waals surface area contributed by atoms with E-state index in [9.17, 15) is 0 Å². The predicted octanol–water partition coefficient (Wildman–Crippen LogP) is 3.12. The van der Waals surface area contributed by atoms with E-state index in [0.717, 1.165) is 22.6 Å². The third-order valence-corrected chi connectivity index (χ3v) is 2.86.